The molecule has 1 rings (SSSR count). The topological polar surface area (TPSA) is 67.2 Å². The van der Waals surface area contributed by atoms with E-state index in [1.54, 1.807) is 11.8 Å². The molecule has 4 nitrogen and oxygen atoms in total. The third-order valence-corrected chi connectivity index (χ3v) is 2.05. The lowest BCUT2D eigenvalue weighted by atomic mass is 10.7. The molecule has 52 valence electrons. The third-order valence-electron chi connectivity index (χ3n) is 0.990. The summed E-state index contributed by atoms with van der Waals surface area (Å²) < 4.78 is 0. The molecule has 2 amide bonds. The Balaban J connectivity index is 2.19. The van der Waals surface area contributed by atoms with Gasteiger partial charge in [0, 0.05) is 12.3 Å². The molecule has 1 atom stereocenters. The first-order valence-electron chi connectivity index (χ1n) is 2.70. The van der Waals surface area contributed by atoms with Gasteiger partial charge in [-0.2, -0.15) is 0 Å². The molecule has 0 bridgehead atoms. The van der Waals surface area contributed by atoms with Gasteiger partial charge in [-0.05, 0) is 0 Å². The number of nitrogens with one attached hydrogen (secondary N) is 2. The maximum Gasteiger partial charge on any atom is 0.314 e. The molecule has 0 spiro atoms. The Morgan fingerprint density at radius 1 is 1.89 bits per heavy atom. The number of hydrogen-bond donors (Lipinski definition) is 3. The summed E-state index contributed by atoms with van der Waals surface area (Å²) in [7, 11) is 0. The van der Waals surface area contributed by atoms with Crippen LogP contribution < -0.4 is 16.4 Å². The minimum atomic E-state index is -0.470. The molecular weight excluding hydrogens is 138 g/mol. The van der Waals surface area contributed by atoms with Crippen molar-refractivity contribution in [3.05, 3.63) is 0 Å². The van der Waals surface area contributed by atoms with Gasteiger partial charge in [0.1, 0.15) is 5.50 Å². The van der Waals surface area contributed by atoms with Crippen LogP contribution in [0.2, 0.25) is 0 Å². The summed E-state index contributed by atoms with van der Waals surface area (Å²) in [5, 5.41) is 5.57. The summed E-state index contributed by atoms with van der Waals surface area (Å²) in [6.07, 6.45) is 0. The highest BCUT2D eigenvalue weighted by molar-refractivity contribution is 8.00. The maximum absolute atomic E-state index is 10.2. The van der Waals surface area contributed by atoms with Gasteiger partial charge in [0.05, 0.1) is 0 Å². The van der Waals surface area contributed by atoms with Gasteiger partial charge in [0.2, 0.25) is 0 Å². The van der Waals surface area contributed by atoms with E-state index in [0.717, 1.165) is 12.3 Å². The first-order chi connectivity index (χ1) is 4.29. The quantitative estimate of drug-likeness (QED) is 0.458. The standard InChI is InChI=1S/C4H9N3OS/c5-3(8)7-4-6-1-2-9-4/h4,6H,1-2H2,(H3,5,7,8). The largest absolute Gasteiger partial charge is 0.352 e. The molecule has 0 aromatic rings. The van der Waals surface area contributed by atoms with Crippen LogP contribution in [0.4, 0.5) is 4.79 Å². The molecule has 1 aliphatic heterocycles. The number of nitrogens with two attached hydrogens (primary N) is 1. The molecule has 1 unspecified atom stereocenters. The van der Waals surface area contributed by atoms with Crippen LogP contribution in [0.25, 0.3) is 0 Å². The van der Waals surface area contributed by atoms with E-state index in [4.69, 9.17) is 5.73 Å². The number of hydrogen-bond acceptors (Lipinski definition) is 3. The average Bonchev–Trinajstić information content (AvgIpc) is 2.15. The minimum Gasteiger partial charge on any atom is -0.352 e. The van der Waals surface area contributed by atoms with Gasteiger partial charge in [-0.25, -0.2) is 4.79 Å². The fraction of sp³-hybridized carbons (Fsp3) is 0.750. The van der Waals surface area contributed by atoms with Crippen molar-refractivity contribution in [1.29, 1.82) is 0 Å². The zero-order valence-corrected chi connectivity index (χ0v) is 5.70. The van der Waals surface area contributed by atoms with Crippen molar-refractivity contribution in [2.45, 2.75) is 5.50 Å². The van der Waals surface area contributed by atoms with Crippen molar-refractivity contribution in [2.75, 3.05) is 12.3 Å². The van der Waals surface area contributed by atoms with Gasteiger partial charge >= 0.3 is 6.03 Å². The smallest absolute Gasteiger partial charge is 0.314 e. The summed E-state index contributed by atoms with van der Waals surface area (Å²) in [6.45, 7) is 0.940. The number of carbonyl (C=O) groups excluding carboxylic acids is 1. The Morgan fingerprint density at radius 3 is 3.11 bits per heavy atom. The van der Waals surface area contributed by atoms with E-state index < -0.39 is 6.03 Å². The number of primary amides is 1. The zero-order chi connectivity index (χ0) is 6.69. The molecule has 5 heteroatoms. The lowest BCUT2D eigenvalue weighted by molar-refractivity contribution is 0.247. The van der Waals surface area contributed by atoms with Gasteiger partial charge in [0.25, 0.3) is 0 Å². The number of amides is 2. The summed E-state index contributed by atoms with van der Waals surface area (Å²) in [5.41, 5.74) is 4.90. The van der Waals surface area contributed by atoms with E-state index in [9.17, 15) is 4.79 Å². The van der Waals surface area contributed by atoms with E-state index in [1.807, 2.05) is 0 Å². The molecule has 0 aromatic heterocycles. The lowest BCUT2D eigenvalue weighted by Crippen LogP contribution is -2.42. The van der Waals surface area contributed by atoms with Crippen LogP contribution in [0.15, 0.2) is 0 Å². The van der Waals surface area contributed by atoms with Crippen molar-refractivity contribution >= 4 is 17.8 Å². The molecule has 4 N–H and O–H groups in total. The summed E-state index contributed by atoms with van der Waals surface area (Å²) >= 11 is 1.65. The van der Waals surface area contributed by atoms with Crippen molar-refractivity contribution in [1.82, 2.24) is 10.6 Å². The third kappa shape index (κ3) is 2.11. The Kier molecular flexibility index (Phi) is 2.18. The number of carbonyl (C=O) groups is 1. The van der Waals surface area contributed by atoms with Crippen LogP contribution in [0.5, 0.6) is 0 Å². The van der Waals surface area contributed by atoms with Crippen LogP contribution >= 0.6 is 11.8 Å². The van der Waals surface area contributed by atoms with Crippen LogP contribution in [0.1, 0.15) is 0 Å². The van der Waals surface area contributed by atoms with Crippen LogP contribution in [-0.4, -0.2) is 23.8 Å². The second-order valence-corrected chi connectivity index (χ2v) is 2.93. The fourth-order valence-corrected chi connectivity index (χ4v) is 1.55. The first kappa shape index (κ1) is 6.70. The van der Waals surface area contributed by atoms with E-state index in [0.29, 0.717) is 0 Å². The van der Waals surface area contributed by atoms with Crippen molar-refractivity contribution in [3.8, 4) is 0 Å². The highest BCUT2D eigenvalue weighted by atomic mass is 32.2. The molecule has 1 fully saturated rings. The molecular formula is C4H9N3OS. The van der Waals surface area contributed by atoms with E-state index in [-0.39, 0.29) is 5.50 Å². The Hall–Kier alpha value is -0.420. The maximum atomic E-state index is 10.2. The Labute approximate surface area is 57.6 Å². The predicted octanol–water partition coefficient (Wildman–Crippen LogP) is -0.725. The van der Waals surface area contributed by atoms with Crippen molar-refractivity contribution in [3.63, 3.8) is 0 Å². The Bertz CT molecular complexity index is 112. The SMILES string of the molecule is NC(=O)NC1NCCS1. The van der Waals surface area contributed by atoms with E-state index in [1.165, 1.54) is 0 Å². The van der Waals surface area contributed by atoms with Crippen molar-refractivity contribution < 1.29 is 4.79 Å². The summed E-state index contributed by atoms with van der Waals surface area (Å²) in [5.74, 6) is 1.03. The van der Waals surface area contributed by atoms with Gasteiger partial charge in [-0.1, -0.05) is 0 Å². The predicted molar refractivity (Wildman–Crippen MR) is 37.0 cm³/mol. The number of rotatable bonds is 1. The molecule has 1 heterocycles. The highest BCUT2D eigenvalue weighted by Crippen LogP contribution is 2.09. The van der Waals surface area contributed by atoms with Gasteiger partial charge in [-0.15, -0.1) is 11.8 Å². The van der Waals surface area contributed by atoms with Crippen molar-refractivity contribution in [2.24, 2.45) is 5.73 Å². The molecule has 1 aliphatic rings. The monoisotopic (exact) mass is 147 g/mol. The average molecular weight is 147 g/mol. The number of thioether (sulfide) groups is 1. The highest BCUT2D eigenvalue weighted by Gasteiger charge is 2.14. The van der Waals surface area contributed by atoms with Crippen LogP contribution in [0, 0.1) is 0 Å². The molecule has 0 saturated carbocycles. The van der Waals surface area contributed by atoms with Gasteiger partial charge < -0.3 is 11.1 Å². The van der Waals surface area contributed by atoms with E-state index in [2.05, 4.69) is 10.6 Å². The van der Waals surface area contributed by atoms with E-state index >= 15 is 0 Å². The fourth-order valence-electron chi connectivity index (χ4n) is 0.648. The lowest BCUT2D eigenvalue weighted by Gasteiger charge is -2.07. The molecule has 1 saturated heterocycles. The minimum absolute atomic E-state index is 0.0301. The molecule has 0 aromatic carbocycles. The summed E-state index contributed by atoms with van der Waals surface area (Å²) in [6, 6.07) is -0.470. The number of urea groups is 1. The first-order valence-corrected chi connectivity index (χ1v) is 3.75. The second-order valence-electron chi connectivity index (χ2n) is 1.71. The summed E-state index contributed by atoms with van der Waals surface area (Å²) in [4.78, 5) is 10.2. The normalized spacial score (nSPS) is 26.0. The van der Waals surface area contributed by atoms with Crippen LogP contribution in [0.3, 0.4) is 0 Å². The zero-order valence-electron chi connectivity index (χ0n) is 4.89. The molecule has 0 radical (unpaired) electrons. The molecule has 9 heavy (non-hydrogen) atoms. The van der Waals surface area contributed by atoms with Gasteiger partial charge in [-0.3, -0.25) is 5.32 Å². The van der Waals surface area contributed by atoms with Crippen LogP contribution in [-0.2, 0) is 0 Å². The second kappa shape index (κ2) is 2.93. The molecule has 0 aliphatic carbocycles. The van der Waals surface area contributed by atoms with Gasteiger partial charge in [0.15, 0.2) is 0 Å². The Morgan fingerprint density at radius 2 is 2.67 bits per heavy atom.